The van der Waals surface area contributed by atoms with Gasteiger partial charge in [-0.25, -0.2) is 21.7 Å². The molecule has 0 aromatic carbocycles. The molecule has 2 aliphatic rings. The van der Waals surface area contributed by atoms with Crippen molar-refractivity contribution in [2.75, 3.05) is 6.54 Å². The van der Waals surface area contributed by atoms with E-state index in [0.29, 0.717) is 11.1 Å². The standard InChI is InChI=1S/C24H25F3N6O2S/c1-13-7-14(10-28)11-30-19(13)17(34)8-15-5-6-16(25)20(32-15)23(4)18-9-24(26,27)12-31-36(18,35)22(2,3)21(29)33-23/h5-7,11,18H,8-9,12H2,1-4H3,(H2,29,33)/t18-,23+,36-/m1/s1. The van der Waals surface area contributed by atoms with Gasteiger partial charge in [0.25, 0.3) is 5.92 Å². The molecule has 4 rings (SSSR count). The molecule has 0 aliphatic carbocycles. The van der Waals surface area contributed by atoms with Gasteiger partial charge in [-0.2, -0.15) is 5.26 Å². The number of halogens is 3. The SMILES string of the molecule is Cc1cc(C#N)cnc1C(=O)Cc1ccc(F)c([C@@]2(C)N=C(N)C(C)(C)[S@@]3(=O)=NCC(F)(F)C[C@H]23)n1. The molecule has 0 unspecified atom stereocenters. The molecule has 0 radical (unpaired) electrons. The Hall–Kier alpha value is -3.33. The summed E-state index contributed by atoms with van der Waals surface area (Å²) in [5, 5.41) is 7.63. The number of ketones is 1. The van der Waals surface area contributed by atoms with Crippen LogP contribution in [-0.4, -0.2) is 48.3 Å². The number of aryl methyl sites for hydroxylation is 1. The van der Waals surface area contributed by atoms with Crippen molar-refractivity contribution in [2.45, 2.75) is 62.0 Å². The van der Waals surface area contributed by atoms with Crippen LogP contribution >= 0.6 is 0 Å². The van der Waals surface area contributed by atoms with E-state index in [4.69, 9.17) is 11.0 Å². The molecule has 36 heavy (non-hydrogen) atoms. The number of hydrogen-bond acceptors (Lipinski definition) is 8. The van der Waals surface area contributed by atoms with Crippen molar-refractivity contribution in [3.63, 3.8) is 0 Å². The minimum absolute atomic E-state index is 0.0969. The third kappa shape index (κ3) is 3.95. The second kappa shape index (κ2) is 8.37. The van der Waals surface area contributed by atoms with Gasteiger partial charge in [0.1, 0.15) is 45.9 Å². The van der Waals surface area contributed by atoms with Gasteiger partial charge in [-0.05, 0) is 51.5 Å². The molecule has 3 atom stereocenters. The van der Waals surface area contributed by atoms with E-state index in [1.807, 2.05) is 6.07 Å². The molecule has 0 bridgehead atoms. The normalized spacial score (nSPS) is 28.3. The maximum absolute atomic E-state index is 15.2. The van der Waals surface area contributed by atoms with Gasteiger partial charge in [0.05, 0.1) is 27.0 Å². The number of pyridine rings is 2. The van der Waals surface area contributed by atoms with E-state index in [2.05, 4.69) is 19.3 Å². The number of aliphatic imine (C=N–C) groups is 1. The highest BCUT2D eigenvalue weighted by Crippen LogP contribution is 2.49. The zero-order valence-electron chi connectivity index (χ0n) is 20.2. The van der Waals surface area contributed by atoms with E-state index in [9.17, 15) is 17.8 Å². The summed E-state index contributed by atoms with van der Waals surface area (Å²) in [5.74, 6) is -4.63. The predicted molar refractivity (Wildman–Crippen MR) is 128 cm³/mol. The Bertz CT molecular complexity index is 1470. The Morgan fingerprint density at radius 2 is 2.00 bits per heavy atom. The zero-order valence-corrected chi connectivity index (χ0v) is 21.0. The molecule has 0 amide bonds. The first-order valence-corrected chi connectivity index (χ1v) is 12.7. The third-order valence-corrected chi connectivity index (χ3v) is 10.5. The van der Waals surface area contributed by atoms with Crippen LogP contribution in [-0.2, 0) is 21.7 Å². The van der Waals surface area contributed by atoms with Crippen LogP contribution < -0.4 is 5.73 Å². The number of nitriles is 1. The molecular weight excluding hydrogens is 493 g/mol. The Morgan fingerprint density at radius 1 is 1.31 bits per heavy atom. The van der Waals surface area contributed by atoms with Crippen LogP contribution in [0.1, 0.15) is 60.2 Å². The fourth-order valence-electron chi connectivity index (χ4n) is 4.68. The molecule has 8 nitrogen and oxygen atoms in total. The first-order valence-electron chi connectivity index (χ1n) is 11.2. The summed E-state index contributed by atoms with van der Waals surface area (Å²) < 4.78 is 60.9. The number of carbonyl (C=O) groups is 1. The minimum atomic E-state index is -3.42. The second-order valence-electron chi connectivity index (χ2n) is 9.79. The lowest BCUT2D eigenvalue weighted by Gasteiger charge is -2.48. The number of alkyl halides is 2. The van der Waals surface area contributed by atoms with E-state index in [1.54, 1.807) is 6.92 Å². The summed E-state index contributed by atoms with van der Waals surface area (Å²) in [6.07, 6.45) is 0.175. The molecule has 2 aliphatic heterocycles. The van der Waals surface area contributed by atoms with E-state index in [-0.39, 0.29) is 29.3 Å². The molecular formula is C24H25F3N6O2S. The Balaban J connectivity index is 1.80. The van der Waals surface area contributed by atoms with Gasteiger partial charge in [-0.1, -0.05) is 0 Å². The van der Waals surface area contributed by atoms with Crippen LogP contribution in [0.2, 0.25) is 0 Å². The first-order chi connectivity index (χ1) is 16.6. The lowest BCUT2D eigenvalue weighted by molar-refractivity contribution is -0.00687. The van der Waals surface area contributed by atoms with Crippen LogP contribution in [0.4, 0.5) is 13.2 Å². The molecule has 2 aromatic rings. The number of fused-ring (bicyclic) bond motifs is 1. The van der Waals surface area contributed by atoms with E-state index in [1.165, 1.54) is 39.1 Å². The molecule has 0 saturated carbocycles. The topological polar surface area (TPSA) is 134 Å². The predicted octanol–water partition coefficient (Wildman–Crippen LogP) is 3.46. The van der Waals surface area contributed by atoms with Crippen LogP contribution in [0, 0.1) is 24.1 Å². The van der Waals surface area contributed by atoms with Crippen molar-refractivity contribution in [1.29, 1.82) is 5.26 Å². The molecule has 2 N–H and O–H groups in total. The van der Waals surface area contributed by atoms with E-state index < -0.39 is 55.8 Å². The number of aromatic nitrogens is 2. The van der Waals surface area contributed by atoms with Crippen LogP contribution in [0.25, 0.3) is 0 Å². The second-order valence-corrected chi connectivity index (χ2v) is 12.8. The minimum Gasteiger partial charge on any atom is -0.386 e. The largest absolute Gasteiger partial charge is 0.386 e. The third-order valence-electron chi connectivity index (χ3n) is 6.88. The number of nitrogens with zero attached hydrogens (tertiary/aromatic N) is 5. The average molecular weight is 519 g/mol. The van der Waals surface area contributed by atoms with Crippen LogP contribution in [0.15, 0.2) is 33.8 Å². The zero-order chi connectivity index (χ0) is 26.7. The smallest absolute Gasteiger partial charge is 0.269 e. The lowest BCUT2D eigenvalue weighted by atomic mass is 9.87. The van der Waals surface area contributed by atoms with Crippen molar-refractivity contribution < 1.29 is 22.2 Å². The highest BCUT2D eigenvalue weighted by Gasteiger charge is 2.60. The van der Waals surface area contributed by atoms with Gasteiger partial charge >= 0.3 is 0 Å². The van der Waals surface area contributed by atoms with Gasteiger partial charge in [0.2, 0.25) is 0 Å². The van der Waals surface area contributed by atoms with Gasteiger partial charge in [-0.3, -0.25) is 19.8 Å². The summed E-state index contributed by atoms with van der Waals surface area (Å²) in [4.78, 5) is 25.6. The van der Waals surface area contributed by atoms with Crippen LogP contribution in [0.5, 0.6) is 0 Å². The average Bonchev–Trinajstić information content (AvgIpc) is 2.80. The number of rotatable bonds is 4. The van der Waals surface area contributed by atoms with Gasteiger partial charge in [0, 0.05) is 18.3 Å². The molecule has 0 fully saturated rings. The molecule has 2 aromatic heterocycles. The molecule has 190 valence electrons. The Morgan fingerprint density at radius 3 is 2.64 bits per heavy atom. The number of nitrogens with two attached hydrogens (primary N) is 1. The summed E-state index contributed by atoms with van der Waals surface area (Å²) in [6.45, 7) is 5.14. The number of hydrogen-bond donors (Lipinski definition) is 1. The maximum Gasteiger partial charge on any atom is 0.269 e. The van der Waals surface area contributed by atoms with E-state index in [0.717, 1.165) is 6.07 Å². The van der Waals surface area contributed by atoms with Crippen molar-refractivity contribution >= 4 is 21.3 Å². The molecule has 12 heteroatoms. The first kappa shape index (κ1) is 25.8. The van der Waals surface area contributed by atoms with Crippen molar-refractivity contribution in [3.05, 3.63) is 58.4 Å². The number of Topliss-reactive ketones (excluding diaryl/α,β-unsaturated/α-hetero) is 1. The fraction of sp³-hybridized carbons (Fsp3) is 0.458. The molecule has 4 heterocycles. The quantitative estimate of drug-likeness (QED) is 0.616. The molecule has 0 spiro atoms. The van der Waals surface area contributed by atoms with Crippen LogP contribution in [0.3, 0.4) is 0 Å². The summed E-state index contributed by atoms with van der Waals surface area (Å²) in [5.41, 5.74) is 5.08. The van der Waals surface area contributed by atoms with Gasteiger partial charge in [0.15, 0.2) is 5.78 Å². The highest BCUT2D eigenvalue weighted by molar-refractivity contribution is 7.96. The summed E-state index contributed by atoms with van der Waals surface area (Å²) >= 11 is 0. The maximum atomic E-state index is 15.2. The molecule has 0 saturated heterocycles. The lowest BCUT2D eigenvalue weighted by Crippen LogP contribution is -2.62. The van der Waals surface area contributed by atoms with E-state index >= 15 is 4.39 Å². The fourth-order valence-corrected chi connectivity index (χ4v) is 7.88. The van der Waals surface area contributed by atoms with Crippen molar-refractivity contribution in [1.82, 2.24) is 9.97 Å². The summed E-state index contributed by atoms with van der Waals surface area (Å²) in [6, 6.07) is 5.84. The Labute approximate surface area is 207 Å². The number of amidine groups is 1. The monoisotopic (exact) mass is 518 g/mol. The van der Waals surface area contributed by atoms with Crippen molar-refractivity contribution in [2.24, 2.45) is 15.1 Å². The van der Waals surface area contributed by atoms with Gasteiger partial charge < -0.3 is 5.73 Å². The highest BCUT2D eigenvalue weighted by atomic mass is 32.2. The van der Waals surface area contributed by atoms with Gasteiger partial charge in [-0.15, -0.1) is 0 Å². The number of carbonyl (C=O) groups excluding carboxylic acids is 1. The Kier molecular flexibility index (Phi) is 5.99. The van der Waals surface area contributed by atoms with Crippen molar-refractivity contribution in [3.8, 4) is 6.07 Å². The summed E-state index contributed by atoms with van der Waals surface area (Å²) in [7, 11) is -3.42.